The first-order valence-corrected chi connectivity index (χ1v) is 2.89. The van der Waals surface area contributed by atoms with Crippen LogP contribution in [0.4, 0.5) is 0 Å². The van der Waals surface area contributed by atoms with E-state index in [9.17, 15) is 0 Å². The van der Waals surface area contributed by atoms with E-state index in [1.807, 2.05) is 0 Å². The van der Waals surface area contributed by atoms with Gasteiger partial charge in [0.15, 0.2) is 0 Å². The van der Waals surface area contributed by atoms with Gasteiger partial charge in [0.05, 0.1) is 0 Å². The molecular weight excluding hydrogens is 84.1 g/mol. The summed E-state index contributed by atoms with van der Waals surface area (Å²) >= 11 is 0. The molecule has 0 amide bonds. The molecule has 0 aromatic carbocycles. The van der Waals surface area contributed by atoms with Gasteiger partial charge in [0.2, 0.25) is 0 Å². The van der Waals surface area contributed by atoms with Crippen LogP contribution in [0.2, 0.25) is 0 Å². The first kappa shape index (κ1) is 7.00. The Kier molecular flexibility index (Phi) is 3.06. The maximum Gasteiger partial charge on any atom is -0.00541 e. The zero-order valence-corrected chi connectivity index (χ0v) is 5.36. The Hall–Kier alpha value is 0. The molecule has 0 aliphatic heterocycles. The van der Waals surface area contributed by atoms with Gasteiger partial charge in [0.25, 0.3) is 0 Å². The van der Waals surface area contributed by atoms with Gasteiger partial charge < -0.3 is 0 Å². The summed E-state index contributed by atoms with van der Waals surface area (Å²) in [4.78, 5) is 0. The van der Waals surface area contributed by atoms with Crippen LogP contribution in [-0.4, -0.2) is 0 Å². The van der Waals surface area contributed by atoms with Gasteiger partial charge in [-0.2, -0.15) is 0 Å². The highest BCUT2D eigenvalue weighted by Gasteiger charge is 2.01. The highest BCUT2D eigenvalue weighted by Crippen LogP contribution is 2.11. The average Bonchev–Trinajstić information content (AvgIpc) is 1.65. The molecular formula is C7H13. The fourth-order valence-corrected chi connectivity index (χ4v) is 0.471. The maximum atomic E-state index is 7.28. The van der Waals surface area contributed by atoms with E-state index in [-0.39, 0.29) is 5.92 Å². The minimum Gasteiger partial charge on any atom is -0.0651 e. The lowest BCUT2D eigenvalue weighted by atomic mass is 9.96. The van der Waals surface area contributed by atoms with Crippen molar-refractivity contribution in [3.63, 3.8) is 0 Å². The minimum absolute atomic E-state index is 0.153. The highest BCUT2D eigenvalue weighted by atomic mass is 14.1. The van der Waals surface area contributed by atoms with Crippen LogP contribution >= 0.6 is 0 Å². The fourth-order valence-electron chi connectivity index (χ4n) is 0.471. The number of hydrogen-bond acceptors (Lipinski definition) is 0. The third-order valence-corrected chi connectivity index (χ3v) is 1.24. The lowest BCUT2D eigenvalue weighted by Crippen LogP contribution is -2.00. The maximum absolute atomic E-state index is 7.28. The Labute approximate surface area is 46.9 Å². The van der Waals surface area contributed by atoms with Crippen LogP contribution in [0.25, 0.3) is 0 Å². The van der Waals surface area contributed by atoms with Crippen molar-refractivity contribution in [1.29, 1.82) is 0 Å². The van der Waals surface area contributed by atoms with E-state index >= 15 is 0 Å². The Morgan fingerprint density at radius 1 is 1.43 bits per heavy atom. The van der Waals surface area contributed by atoms with Crippen molar-refractivity contribution in [2.75, 3.05) is 0 Å². The van der Waals surface area contributed by atoms with Crippen LogP contribution in [0.3, 0.4) is 0 Å². The van der Waals surface area contributed by atoms with Gasteiger partial charge in [0, 0.05) is 0 Å². The van der Waals surface area contributed by atoms with Crippen molar-refractivity contribution < 1.29 is 0 Å². The first-order chi connectivity index (χ1) is 3.18. The van der Waals surface area contributed by atoms with Gasteiger partial charge in [-0.05, 0) is 18.8 Å². The van der Waals surface area contributed by atoms with Crippen molar-refractivity contribution in [3.8, 4) is 0 Å². The second-order valence-electron chi connectivity index (χ2n) is 2.26. The second kappa shape index (κ2) is 3.06. The Morgan fingerprint density at radius 3 is 1.86 bits per heavy atom. The first-order valence-electron chi connectivity index (χ1n) is 2.89. The summed E-state index contributed by atoms with van der Waals surface area (Å²) in [6.07, 6.45) is 0.984. The normalized spacial score (nSPS) is 15.0. The molecule has 0 heteroatoms. The van der Waals surface area contributed by atoms with Crippen LogP contribution in [0.1, 0.15) is 27.2 Å². The van der Waals surface area contributed by atoms with Crippen LogP contribution < -0.4 is 0 Å². The van der Waals surface area contributed by atoms with E-state index in [1.165, 1.54) is 0 Å². The monoisotopic (exact) mass is 97.1 g/mol. The van der Waals surface area contributed by atoms with Crippen LogP contribution in [0.5, 0.6) is 0 Å². The predicted octanol–water partition coefficient (Wildman–Crippen LogP) is 2.26. The van der Waals surface area contributed by atoms with Crippen molar-refractivity contribution in [2.45, 2.75) is 27.2 Å². The summed E-state index contributed by atoms with van der Waals surface area (Å²) < 4.78 is 0. The molecule has 0 saturated carbocycles. The van der Waals surface area contributed by atoms with Crippen molar-refractivity contribution in [1.82, 2.24) is 0 Å². The van der Waals surface area contributed by atoms with Crippen LogP contribution in [-0.2, 0) is 0 Å². The second-order valence-corrected chi connectivity index (χ2v) is 2.26. The van der Waals surface area contributed by atoms with Gasteiger partial charge in [-0.15, -0.1) is 0 Å². The Balaban J connectivity index is 3.14. The zero-order chi connectivity index (χ0) is 5.86. The molecule has 0 bridgehead atoms. The van der Waals surface area contributed by atoms with E-state index < -0.39 is 0 Å². The minimum atomic E-state index is 0.153. The number of rotatable bonds is 2. The molecule has 0 heterocycles. The summed E-state index contributed by atoms with van der Waals surface area (Å²) in [5, 5.41) is 0. The topological polar surface area (TPSA) is 0 Å². The van der Waals surface area contributed by atoms with E-state index in [0.717, 1.165) is 6.42 Å². The van der Waals surface area contributed by atoms with Crippen molar-refractivity contribution in [3.05, 3.63) is 6.92 Å². The third-order valence-electron chi connectivity index (χ3n) is 1.24. The molecule has 0 N–H and O–H groups in total. The standard InChI is InChI=1S/C7H13/c1-5-7(4)6(2)3/h6-7H,5H2,1-3H3. The summed E-state index contributed by atoms with van der Waals surface area (Å²) in [5.74, 6) is 0.685. The molecule has 0 nitrogen and oxygen atoms in total. The number of hydrogen-bond donors (Lipinski definition) is 0. The highest BCUT2D eigenvalue weighted by molar-refractivity contribution is 4.61. The molecule has 0 aliphatic carbocycles. The Bertz CT molecular complexity index is 37.3. The molecule has 0 saturated heterocycles. The van der Waals surface area contributed by atoms with E-state index in [1.54, 1.807) is 0 Å². The Morgan fingerprint density at radius 2 is 1.86 bits per heavy atom. The van der Waals surface area contributed by atoms with Crippen LogP contribution in [0.15, 0.2) is 0 Å². The molecule has 0 aromatic rings. The fraction of sp³-hybridized carbons (Fsp3) is 0.857. The SMILES string of the molecule is [C]C(CC)C(C)C. The van der Waals surface area contributed by atoms with E-state index in [0.29, 0.717) is 5.92 Å². The summed E-state index contributed by atoms with van der Waals surface area (Å²) in [6, 6.07) is 0. The van der Waals surface area contributed by atoms with Crippen molar-refractivity contribution in [2.24, 2.45) is 11.8 Å². The van der Waals surface area contributed by atoms with Gasteiger partial charge in [0.1, 0.15) is 0 Å². The molecule has 1 unspecified atom stereocenters. The quantitative estimate of drug-likeness (QED) is 0.495. The molecule has 7 heavy (non-hydrogen) atoms. The lowest BCUT2D eigenvalue weighted by Gasteiger charge is -2.09. The van der Waals surface area contributed by atoms with Gasteiger partial charge in [-0.25, -0.2) is 0 Å². The molecule has 0 aliphatic rings. The molecule has 0 spiro atoms. The van der Waals surface area contributed by atoms with E-state index in [4.69, 9.17) is 6.92 Å². The van der Waals surface area contributed by atoms with Gasteiger partial charge in [-0.1, -0.05) is 27.2 Å². The largest absolute Gasteiger partial charge is 0.0651 e. The summed E-state index contributed by atoms with van der Waals surface area (Å²) in [7, 11) is 0. The van der Waals surface area contributed by atoms with Crippen molar-refractivity contribution >= 4 is 0 Å². The van der Waals surface area contributed by atoms with Gasteiger partial charge >= 0.3 is 0 Å². The molecule has 0 fully saturated rings. The average molecular weight is 97.2 g/mol. The van der Waals surface area contributed by atoms with Gasteiger partial charge in [-0.3, -0.25) is 0 Å². The third kappa shape index (κ3) is 2.67. The molecule has 0 aromatic heterocycles. The predicted molar refractivity (Wildman–Crippen MR) is 31.9 cm³/mol. The lowest BCUT2D eigenvalue weighted by molar-refractivity contribution is 0.449. The molecule has 0 rings (SSSR count). The van der Waals surface area contributed by atoms with Crippen LogP contribution in [0, 0.1) is 18.8 Å². The summed E-state index contributed by atoms with van der Waals surface area (Å²) in [6.45, 7) is 13.5. The zero-order valence-electron chi connectivity index (χ0n) is 5.36. The summed E-state index contributed by atoms with van der Waals surface area (Å²) in [5.41, 5.74) is 0. The van der Waals surface area contributed by atoms with E-state index in [2.05, 4.69) is 20.8 Å². The molecule has 3 radical (unpaired) electrons. The molecule has 1 atom stereocenters. The molecule has 41 valence electrons. The smallest absolute Gasteiger partial charge is 0.00541 e.